The number of aryl methyl sites for hydroxylation is 1. The second-order valence-corrected chi connectivity index (χ2v) is 9.81. The molecule has 0 N–H and O–H groups in total. The first kappa shape index (κ1) is 23.3. The molecule has 0 aliphatic heterocycles. The molecule has 0 saturated heterocycles. The zero-order valence-corrected chi connectivity index (χ0v) is 18.9. The highest BCUT2D eigenvalue weighted by Crippen LogP contribution is 2.24. The molecule has 0 fully saturated rings. The highest BCUT2D eigenvalue weighted by atomic mass is 32.2. The topological polar surface area (TPSA) is 37.4 Å². The van der Waals surface area contributed by atoms with Gasteiger partial charge in [-0.2, -0.15) is 4.31 Å². The Morgan fingerprint density at radius 3 is 2.58 bits per heavy atom. The Balaban J connectivity index is 3.15. The van der Waals surface area contributed by atoms with Crippen molar-refractivity contribution in [1.82, 2.24) is 4.31 Å². The van der Waals surface area contributed by atoms with Crippen molar-refractivity contribution in [3.05, 3.63) is 51.8 Å². The molecule has 0 atom stereocenters. The molecule has 0 unspecified atom stereocenters. The smallest absolute Gasteiger partial charge is 0.207 e. The van der Waals surface area contributed by atoms with Crippen LogP contribution in [0, 0.1) is 13.8 Å². The van der Waals surface area contributed by atoms with Gasteiger partial charge in [-0.1, -0.05) is 32.1 Å². The second-order valence-electron chi connectivity index (χ2n) is 6.02. The van der Waals surface area contributed by atoms with E-state index in [1.807, 2.05) is 32.2 Å². The second kappa shape index (κ2) is 11.9. The van der Waals surface area contributed by atoms with Crippen molar-refractivity contribution in [3.8, 4) is 0 Å². The molecule has 0 aliphatic rings. The van der Waals surface area contributed by atoms with Crippen LogP contribution < -0.4 is 0 Å². The summed E-state index contributed by atoms with van der Waals surface area (Å²) in [4.78, 5) is 0.420. The Labute approximate surface area is 168 Å². The van der Waals surface area contributed by atoms with Gasteiger partial charge in [0, 0.05) is 13.1 Å². The Morgan fingerprint density at radius 2 is 1.96 bits per heavy atom. The molecule has 146 valence electrons. The van der Waals surface area contributed by atoms with Crippen LogP contribution in [0.5, 0.6) is 0 Å². The van der Waals surface area contributed by atoms with E-state index in [0.717, 1.165) is 28.9 Å². The van der Waals surface area contributed by atoms with E-state index in [9.17, 15) is 8.42 Å². The number of hydrogen-bond acceptors (Lipinski definition) is 4. The standard InChI is InChI=1S/C20H31NO2S3/c1-6-19(16-24-5)15-21(13-8-9-14-25-7-2)26(22,23)20-12-10-11-17(3)18(20)4/h9-12,14,16H,6-8,13,15H2,1-5H3/b14-9-,19-16+. The van der Waals surface area contributed by atoms with E-state index in [-0.39, 0.29) is 0 Å². The van der Waals surface area contributed by atoms with Crippen LogP contribution in [0.2, 0.25) is 0 Å². The van der Waals surface area contributed by atoms with Gasteiger partial charge in [0.25, 0.3) is 0 Å². The minimum absolute atomic E-state index is 0.420. The summed E-state index contributed by atoms with van der Waals surface area (Å²) in [6, 6.07) is 5.50. The van der Waals surface area contributed by atoms with Crippen molar-refractivity contribution in [3.63, 3.8) is 0 Å². The van der Waals surface area contributed by atoms with Crippen molar-refractivity contribution in [1.29, 1.82) is 0 Å². The molecule has 1 aromatic carbocycles. The minimum Gasteiger partial charge on any atom is -0.207 e. The van der Waals surface area contributed by atoms with Crippen LogP contribution in [0.3, 0.4) is 0 Å². The van der Waals surface area contributed by atoms with Gasteiger partial charge in [-0.05, 0) is 72.3 Å². The largest absolute Gasteiger partial charge is 0.243 e. The molecule has 26 heavy (non-hydrogen) atoms. The van der Waals surface area contributed by atoms with Crippen LogP contribution in [0.1, 0.15) is 37.8 Å². The van der Waals surface area contributed by atoms with Crippen LogP contribution in [-0.2, 0) is 10.0 Å². The third kappa shape index (κ3) is 6.80. The molecule has 0 radical (unpaired) electrons. The van der Waals surface area contributed by atoms with Gasteiger partial charge < -0.3 is 0 Å². The van der Waals surface area contributed by atoms with Crippen LogP contribution in [0.25, 0.3) is 0 Å². The summed E-state index contributed by atoms with van der Waals surface area (Å²) in [6.45, 7) is 8.95. The molecule has 0 aromatic heterocycles. The van der Waals surface area contributed by atoms with E-state index < -0.39 is 10.0 Å². The average molecular weight is 414 g/mol. The summed E-state index contributed by atoms with van der Waals surface area (Å²) in [5, 5.41) is 4.12. The van der Waals surface area contributed by atoms with E-state index in [2.05, 4.69) is 30.7 Å². The zero-order valence-electron chi connectivity index (χ0n) is 16.5. The van der Waals surface area contributed by atoms with Gasteiger partial charge in [0.2, 0.25) is 10.0 Å². The summed E-state index contributed by atoms with van der Waals surface area (Å²) >= 11 is 3.35. The van der Waals surface area contributed by atoms with Gasteiger partial charge in [-0.15, -0.1) is 23.5 Å². The lowest BCUT2D eigenvalue weighted by atomic mass is 10.1. The molecule has 1 aromatic rings. The van der Waals surface area contributed by atoms with Crippen LogP contribution in [0.15, 0.2) is 45.6 Å². The first-order valence-electron chi connectivity index (χ1n) is 8.92. The molecule has 0 spiro atoms. The molecule has 6 heteroatoms. The van der Waals surface area contributed by atoms with Gasteiger partial charge in [0.15, 0.2) is 0 Å². The number of nitrogens with zero attached hydrogens (tertiary/aromatic N) is 1. The number of hydrogen-bond donors (Lipinski definition) is 0. The van der Waals surface area contributed by atoms with Gasteiger partial charge in [-0.25, -0.2) is 8.42 Å². The molecule has 1 rings (SSSR count). The zero-order chi connectivity index (χ0) is 19.6. The highest BCUT2D eigenvalue weighted by Gasteiger charge is 2.26. The Hall–Kier alpha value is -0.690. The van der Waals surface area contributed by atoms with E-state index >= 15 is 0 Å². The lowest BCUT2D eigenvalue weighted by Crippen LogP contribution is -2.34. The van der Waals surface area contributed by atoms with Crippen molar-refractivity contribution in [2.45, 2.75) is 45.4 Å². The summed E-state index contributed by atoms with van der Waals surface area (Å²) in [7, 11) is -3.53. The maximum Gasteiger partial charge on any atom is 0.243 e. The van der Waals surface area contributed by atoms with Crippen LogP contribution in [-0.4, -0.2) is 37.8 Å². The van der Waals surface area contributed by atoms with E-state index in [0.29, 0.717) is 24.4 Å². The van der Waals surface area contributed by atoms with Gasteiger partial charge in [0.1, 0.15) is 0 Å². The molecule has 0 saturated carbocycles. The summed E-state index contributed by atoms with van der Waals surface area (Å²) in [5.41, 5.74) is 2.97. The van der Waals surface area contributed by atoms with Crippen molar-refractivity contribution in [2.75, 3.05) is 25.1 Å². The van der Waals surface area contributed by atoms with Gasteiger partial charge >= 0.3 is 0 Å². The SMILES string of the molecule is CCS/C=C\CCN(C/C(=C/SC)CC)S(=O)(=O)c1cccc(C)c1C. The van der Waals surface area contributed by atoms with E-state index in [1.165, 1.54) is 0 Å². The number of benzene rings is 1. The Kier molecular flexibility index (Phi) is 10.7. The number of sulfonamides is 1. The third-order valence-corrected chi connectivity index (χ3v) is 7.47. The van der Waals surface area contributed by atoms with E-state index in [1.54, 1.807) is 33.9 Å². The quantitative estimate of drug-likeness (QED) is 0.473. The first-order chi connectivity index (χ1) is 12.4. The molecule has 0 amide bonds. The molecule has 3 nitrogen and oxygen atoms in total. The normalized spacial score (nSPS) is 13.1. The average Bonchev–Trinajstić information content (AvgIpc) is 2.61. The summed E-state index contributed by atoms with van der Waals surface area (Å²) < 4.78 is 28.3. The molecule has 0 aliphatic carbocycles. The Morgan fingerprint density at radius 1 is 1.23 bits per heavy atom. The lowest BCUT2D eigenvalue weighted by molar-refractivity contribution is 0.438. The van der Waals surface area contributed by atoms with Crippen molar-refractivity contribution >= 4 is 33.5 Å². The first-order valence-corrected chi connectivity index (χ1v) is 12.7. The highest BCUT2D eigenvalue weighted by molar-refractivity contribution is 8.02. The van der Waals surface area contributed by atoms with Crippen LogP contribution >= 0.6 is 23.5 Å². The van der Waals surface area contributed by atoms with Crippen LogP contribution in [0.4, 0.5) is 0 Å². The molecule has 0 heterocycles. The fourth-order valence-corrected chi connectivity index (χ4v) is 5.30. The van der Waals surface area contributed by atoms with Gasteiger partial charge in [0.05, 0.1) is 4.90 Å². The fraction of sp³-hybridized carbons (Fsp3) is 0.500. The predicted octanol–water partition coefficient (Wildman–Crippen LogP) is 5.61. The molecular formula is C20H31NO2S3. The predicted molar refractivity (Wildman–Crippen MR) is 118 cm³/mol. The number of rotatable bonds is 11. The maximum absolute atomic E-state index is 13.3. The minimum atomic E-state index is -3.53. The summed E-state index contributed by atoms with van der Waals surface area (Å²) in [6.07, 6.45) is 5.63. The molecular weight excluding hydrogens is 382 g/mol. The van der Waals surface area contributed by atoms with Gasteiger partial charge in [-0.3, -0.25) is 0 Å². The Bertz CT molecular complexity index is 725. The fourth-order valence-electron chi connectivity index (χ4n) is 2.50. The molecule has 0 bridgehead atoms. The third-order valence-electron chi connectivity index (χ3n) is 4.20. The number of thioether (sulfide) groups is 2. The van der Waals surface area contributed by atoms with Crippen molar-refractivity contribution in [2.24, 2.45) is 0 Å². The maximum atomic E-state index is 13.3. The summed E-state index contributed by atoms with van der Waals surface area (Å²) in [5.74, 6) is 1.03. The van der Waals surface area contributed by atoms with E-state index in [4.69, 9.17) is 0 Å². The monoisotopic (exact) mass is 413 g/mol. The van der Waals surface area contributed by atoms with Crippen molar-refractivity contribution < 1.29 is 8.42 Å². The lowest BCUT2D eigenvalue weighted by Gasteiger charge is -2.24.